The van der Waals surface area contributed by atoms with Crippen LogP contribution in [0, 0.1) is 0 Å². The van der Waals surface area contributed by atoms with Crippen molar-refractivity contribution in [2.45, 2.75) is 32.6 Å². The Hall–Kier alpha value is -4.22. The lowest BCUT2D eigenvalue weighted by atomic mass is 9.95. The van der Waals surface area contributed by atoms with Gasteiger partial charge in [-0.3, -0.25) is 9.59 Å². The van der Waals surface area contributed by atoms with Crippen LogP contribution < -0.4 is 20.2 Å². The van der Waals surface area contributed by atoms with Crippen molar-refractivity contribution in [3.05, 3.63) is 74.6 Å². The summed E-state index contributed by atoms with van der Waals surface area (Å²) in [6.45, 7) is 1.90. The first-order valence-corrected chi connectivity index (χ1v) is 13.6. The predicted octanol–water partition coefficient (Wildman–Crippen LogP) is 4.77. The maximum Gasteiger partial charge on any atom is 0.343 e. The highest BCUT2D eigenvalue weighted by Gasteiger charge is 2.28. The monoisotopic (exact) mass is 583 g/mol. The molecule has 12 heteroatoms. The summed E-state index contributed by atoms with van der Waals surface area (Å²) in [6.07, 6.45) is 4.76. The summed E-state index contributed by atoms with van der Waals surface area (Å²) in [5, 5.41) is 7.15. The van der Waals surface area contributed by atoms with Crippen molar-refractivity contribution in [1.29, 1.82) is 0 Å². The Balaban J connectivity index is 1.39. The van der Waals surface area contributed by atoms with Gasteiger partial charge in [0.15, 0.2) is 11.5 Å². The van der Waals surface area contributed by atoms with Crippen molar-refractivity contribution >= 4 is 57.9 Å². The number of methoxy groups -OCH3 is 1. The quantitative estimate of drug-likeness (QED) is 0.128. The number of hydrazone groups is 1. The van der Waals surface area contributed by atoms with Crippen molar-refractivity contribution in [3.63, 3.8) is 0 Å². The fourth-order valence-electron chi connectivity index (χ4n) is 4.04. The highest BCUT2D eigenvalue weighted by atomic mass is 35.5. The van der Waals surface area contributed by atoms with Gasteiger partial charge in [0.25, 0.3) is 0 Å². The second kappa shape index (κ2) is 13.2. The van der Waals surface area contributed by atoms with Gasteiger partial charge in [0, 0.05) is 9.90 Å². The van der Waals surface area contributed by atoms with Gasteiger partial charge in [-0.15, -0.1) is 11.3 Å². The fraction of sp³-hybridized carbons (Fsp3) is 0.250. The zero-order chi connectivity index (χ0) is 28.6. The zero-order valence-corrected chi connectivity index (χ0v) is 23.3. The number of carbonyl (C=O) groups excluding carboxylic acids is 4. The maximum absolute atomic E-state index is 12.6. The number of fused-ring (bicyclic) bond motifs is 1. The number of hydrogen-bond acceptors (Lipinski definition) is 9. The lowest BCUT2D eigenvalue weighted by Gasteiger charge is -2.12. The molecule has 0 radical (unpaired) electrons. The van der Waals surface area contributed by atoms with Crippen LogP contribution in [0.15, 0.2) is 47.6 Å². The van der Waals surface area contributed by atoms with Crippen molar-refractivity contribution in [3.8, 4) is 11.5 Å². The summed E-state index contributed by atoms with van der Waals surface area (Å²) in [6, 6.07) is 10.9. The molecule has 2 aromatic carbocycles. The zero-order valence-electron chi connectivity index (χ0n) is 21.7. The number of ether oxygens (including phenoxy) is 3. The Labute approximate surface area is 239 Å². The van der Waals surface area contributed by atoms with E-state index in [2.05, 4.69) is 15.8 Å². The third kappa shape index (κ3) is 6.85. The number of nitrogens with one attached hydrogen (secondary N) is 2. The molecule has 1 aliphatic rings. The summed E-state index contributed by atoms with van der Waals surface area (Å²) in [7, 11) is 1.41. The minimum Gasteiger partial charge on any atom is -0.493 e. The summed E-state index contributed by atoms with van der Waals surface area (Å²) < 4.78 is 15.9. The van der Waals surface area contributed by atoms with E-state index in [1.54, 1.807) is 43.3 Å². The molecule has 0 unspecified atom stereocenters. The molecule has 3 aromatic rings. The van der Waals surface area contributed by atoms with Gasteiger partial charge in [-0.25, -0.2) is 15.0 Å². The molecule has 1 aromatic heterocycles. The van der Waals surface area contributed by atoms with Gasteiger partial charge in [0.05, 0.1) is 31.1 Å². The Kier molecular flexibility index (Phi) is 9.52. The molecule has 0 aliphatic heterocycles. The number of amides is 2. The lowest BCUT2D eigenvalue weighted by molar-refractivity contribution is -0.136. The van der Waals surface area contributed by atoms with Gasteiger partial charge in [-0.05, 0) is 86.2 Å². The SMILES string of the molecule is CCOC(=O)c1c(NC(=O)C(=O)NN=Cc2ccc(OC(=O)c3ccc(Cl)cc3)c(OC)c2)sc2c1CCCC2. The third-order valence-electron chi connectivity index (χ3n) is 5.93. The molecule has 0 bridgehead atoms. The fourth-order valence-corrected chi connectivity index (χ4v) is 5.44. The number of rotatable bonds is 8. The largest absolute Gasteiger partial charge is 0.493 e. The van der Waals surface area contributed by atoms with Crippen molar-refractivity contribution < 1.29 is 33.4 Å². The molecule has 0 saturated heterocycles. The number of nitrogens with zero attached hydrogens (tertiary/aromatic N) is 1. The molecule has 0 saturated carbocycles. The number of esters is 2. The van der Waals surface area contributed by atoms with E-state index in [9.17, 15) is 19.2 Å². The first-order valence-electron chi connectivity index (χ1n) is 12.4. The molecule has 4 rings (SSSR count). The molecule has 1 heterocycles. The van der Waals surface area contributed by atoms with Crippen LogP contribution in [-0.4, -0.2) is 43.7 Å². The van der Waals surface area contributed by atoms with Gasteiger partial charge in [0.1, 0.15) is 5.00 Å². The van der Waals surface area contributed by atoms with E-state index in [4.69, 9.17) is 25.8 Å². The standard InChI is InChI=1S/C28H26ClN3O7S/c1-3-38-28(36)23-19-6-4-5-7-22(19)40-26(23)31-24(33)25(34)32-30-15-16-8-13-20(21(14-16)37-2)39-27(35)17-9-11-18(29)12-10-17/h8-15H,3-7H2,1-2H3,(H,31,33)(H,32,34). The van der Waals surface area contributed by atoms with Gasteiger partial charge in [0.2, 0.25) is 0 Å². The lowest BCUT2D eigenvalue weighted by Crippen LogP contribution is -2.32. The number of benzene rings is 2. The van der Waals surface area contributed by atoms with Crippen LogP contribution >= 0.6 is 22.9 Å². The average molecular weight is 584 g/mol. The van der Waals surface area contributed by atoms with E-state index < -0.39 is 23.8 Å². The molecule has 0 atom stereocenters. The Morgan fingerprint density at radius 2 is 1.75 bits per heavy atom. The first kappa shape index (κ1) is 28.8. The molecule has 1 aliphatic carbocycles. The van der Waals surface area contributed by atoms with E-state index in [1.165, 1.54) is 30.7 Å². The topological polar surface area (TPSA) is 132 Å². The van der Waals surface area contributed by atoms with Crippen molar-refractivity contribution in [1.82, 2.24) is 5.43 Å². The molecule has 0 spiro atoms. The van der Waals surface area contributed by atoms with Crippen molar-refractivity contribution in [2.24, 2.45) is 5.10 Å². The number of anilines is 1. The Bertz CT molecular complexity index is 1470. The van der Waals surface area contributed by atoms with Gasteiger partial charge in [-0.1, -0.05) is 11.6 Å². The smallest absolute Gasteiger partial charge is 0.343 e. The highest BCUT2D eigenvalue weighted by Crippen LogP contribution is 2.38. The number of aryl methyl sites for hydroxylation is 1. The second-order valence-electron chi connectivity index (χ2n) is 8.60. The minimum atomic E-state index is -1.02. The van der Waals surface area contributed by atoms with E-state index in [0.717, 1.165) is 36.1 Å². The predicted molar refractivity (Wildman–Crippen MR) is 151 cm³/mol. The maximum atomic E-state index is 12.6. The molecule has 2 N–H and O–H groups in total. The molecule has 0 fully saturated rings. The van der Waals surface area contributed by atoms with Crippen LogP contribution in [0.3, 0.4) is 0 Å². The molecular formula is C28H26ClN3O7S. The van der Waals surface area contributed by atoms with Crippen LogP contribution in [0.5, 0.6) is 11.5 Å². The number of carbonyl (C=O) groups is 4. The summed E-state index contributed by atoms with van der Waals surface area (Å²) >= 11 is 7.14. The molecular weight excluding hydrogens is 558 g/mol. The minimum absolute atomic E-state index is 0.180. The van der Waals surface area contributed by atoms with Crippen LogP contribution in [0.2, 0.25) is 5.02 Å². The summed E-state index contributed by atoms with van der Waals surface area (Å²) in [5.74, 6) is -2.66. The summed E-state index contributed by atoms with van der Waals surface area (Å²) in [4.78, 5) is 51.0. The van der Waals surface area contributed by atoms with Crippen LogP contribution in [0.25, 0.3) is 0 Å². The van der Waals surface area contributed by atoms with E-state index in [1.807, 2.05) is 0 Å². The summed E-state index contributed by atoms with van der Waals surface area (Å²) in [5.41, 5.74) is 4.17. The highest BCUT2D eigenvalue weighted by molar-refractivity contribution is 7.17. The van der Waals surface area contributed by atoms with Gasteiger partial charge >= 0.3 is 23.8 Å². The number of thiophene rings is 1. The van der Waals surface area contributed by atoms with E-state index >= 15 is 0 Å². The normalized spacial score (nSPS) is 12.4. The molecule has 40 heavy (non-hydrogen) atoms. The molecule has 10 nitrogen and oxygen atoms in total. The Morgan fingerprint density at radius 3 is 2.48 bits per heavy atom. The second-order valence-corrected chi connectivity index (χ2v) is 10.1. The van der Waals surface area contributed by atoms with E-state index in [-0.39, 0.29) is 18.1 Å². The van der Waals surface area contributed by atoms with Crippen LogP contribution in [-0.2, 0) is 27.2 Å². The molecule has 2 amide bonds. The average Bonchev–Trinajstić information content (AvgIpc) is 3.31. The van der Waals surface area contributed by atoms with Crippen molar-refractivity contribution in [2.75, 3.05) is 19.0 Å². The van der Waals surface area contributed by atoms with Gasteiger partial charge in [-0.2, -0.15) is 5.10 Å². The number of halogens is 1. The molecule has 208 valence electrons. The Morgan fingerprint density at radius 1 is 1.00 bits per heavy atom. The third-order valence-corrected chi connectivity index (χ3v) is 7.39. The van der Waals surface area contributed by atoms with Crippen LogP contribution in [0.1, 0.15) is 56.5 Å². The van der Waals surface area contributed by atoms with Crippen LogP contribution in [0.4, 0.5) is 5.00 Å². The van der Waals surface area contributed by atoms with Gasteiger partial charge < -0.3 is 19.5 Å². The first-order chi connectivity index (χ1) is 19.3. The number of hydrogen-bond donors (Lipinski definition) is 2. The van der Waals surface area contributed by atoms with E-state index in [0.29, 0.717) is 26.7 Å².